The van der Waals surface area contributed by atoms with Gasteiger partial charge < -0.3 is 24.5 Å². The van der Waals surface area contributed by atoms with Gasteiger partial charge in [-0.3, -0.25) is 4.79 Å². The zero-order chi connectivity index (χ0) is 20.5. The first-order chi connectivity index (χ1) is 14.7. The van der Waals surface area contributed by atoms with Crippen molar-refractivity contribution in [3.63, 3.8) is 0 Å². The van der Waals surface area contributed by atoms with E-state index in [9.17, 15) is 4.79 Å². The van der Waals surface area contributed by atoms with E-state index in [1.807, 2.05) is 18.2 Å². The third kappa shape index (κ3) is 3.67. The Bertz CT molecular complexity index is 1080. The number of nitrogens with one attached hydrogen (secondary N) is 2. The topological polar surface area (TPSA) is 85.5 Å². The molecule has 0 spiro atoms. The molecular formula is C23H25N3O4. The number of fused-ring (bicyclic) bond motifs is 2. The van der Waals surface area contributed by atoms with Crippen molar-refractivity contribution in [3.05, 3.63) is 47.8 Å². The SMILES string of the molecule is COc1ccc2[nH]c(C3CCC[C@@H](NC(=O)c4ccc5c(c4)OCCO5)C3)nc2c1. The third-order valence-corrected chi connectivity index (χ3v) is 5.91. The highest BCUT2D eigenvalue weighted by Gasteiger charge is 2.27. The van der Waals surface area contributed by atoms with Crippen molar-refractivity contribution in [2.75, 3.05) is 20.3 Å². The van der Waals surface area contributed by atoms with Crippen LogP contribution in [0, 0.1) is 0 Å². The minimum Gasteiger partial charge on any atom is -0.497 e. The molecule has 1 saturated carbocycles. The molecule has 1 aliphatic carbocycles. The fraction of sp³-hybridized carbons (Fsp3) is 0.391. The molecule has 156 valence electrons. The Morgan fingerprint density at radius 1 is 1.13 bits per heavy atom. The lowest BCUT2D eigenvalue weighted by molar-refractivity contribution is 0.0923. The number of benzene rings is 2. The summed E-state index contributed by atoms with van der Waals surface area (Å²) in [6, 6.07) is 11.3. The first-order valence-electron chi connectivity index (χ1n) is 10.4. The second kappa shape index (κ2) is 7.89. The van der Waals surface area contributed by atoms with Gasteiger partial charge in [0.25, 0.3) is 5.91 Å². The third-order valence-electron chi connectivity index (χ3n) is 5.91. The number of amides is 1. The van der Waals surface area contributed by atoms with E-state index in [0.717, 1.165) is 48.3 Å². The van der Waals surface area contributed by atoms with Crippen LogP contribution in [0.1, 0.15) is 47.8 Å². The standard InChI is InChI=1S/C23H25N3O4/c1-28-17-6-7-18-19(13-17)26-22(25-18)14-3-2-4-16(11-14)24-23(27)15-5-8-20-21(12-15)30-10-9-29-20/h5-8,12-14,16H,2-4,9-11H2,1H3,(H,24,27)(H,25,26)/t14?,16-/m1/s1. The smallest absolute Gasteiger partial charge is 0.251 e. The van der Waals surface area contributed by atoms with Crippen LogP contribution in [0.25, 0.3) is 11.0 Å². The molecule has 1 fully saturated rings. The molecule has 2 aliphatic rings. The highest BCUT2D eigenvalue weighted by Crippen LogP contribution is 2.34. The van der Waals surface area contributed by atoms with E-state index in [2.05, 4.69) is 10.3 Å². The summed E-state index contributed by atoms with van der Waals surface area (Å²) < 4.78 is 16.4. The van der Waals surface area contributed by atoms with E-state index < -0.39 is 0 Å². The van der Waals surface area contributed by atoms with E-state index >= 15 is 0 Å². The van der Waals surface area contributed by atoms with Crippen molar-refractivity contribution >= 4 is 16.9 Å². The van der Waals surface area contributed by atoms with Gasteiger partial charge in [0.05, 0.1) is 18.1 Å². The van der Waals surface area contributed by atoms with E-state index in [1.54, 1.807) is 25.3 Å². The molecule has 1 unspecified atom stereocenters. The van der Waals surface area contributed by atoms with Gasteiger partial charge in [-0.05, 0) is 49.6 Å². The quantitative estimate of drug-likeness (QED) is 0.687. The van der Waals surface area contributed by atoms with Gasteiger partial charge >= 0.3 is 0 Å². The normalized spacial score (nSPS) is 20.7. The van der Waals surface area contributed by atoms with Crippen molar-refractivity contribution in [1.82, 2.24) is 15.3 Å². The van der Waals surface area contributed by atoms with Gasteiger partial charge in [0.15, 0.2) is 11.5 Å². The largest absolute Gasteiger partial charge is 0.497 e. The molecule has 1 amide bonds. The summed E-state index contributed by atoms with van der Waals surface area (Å²) >= 11 is 0. The van der Waals surface area contributed by atoms with Crippen molar-refractivity contribution < 1.29 is 19.0 Å². The summed E-state index contributed by atoms with van der Waals surface area (Å²) in [7, 11) is 1.66. The lowest BCUT2D eigenvalue weighted by Crippen LogP contribution is -2.38. The van der Waals surface area contributed by atoms with Crippen LogP contribution in [0.5, 0.6) is 17.2 Å². The van der Waals surface area contributed by atoms with E-state index in [1.165, 1.54) is 0 Å². The molecule has 7 nitrogen and oxygen atoms in total. The maximum Gasteiger partial charge on any atom is 0.251 e. The molecule has 30 heavy (non-hydrogen) atoms. The number of aromatic nitrogens is 2. The number of carbonyl (C=O) groups excluding carboxylic acids is 1. The van der Waals surface area contributed by atoms with Crippen LogP contribution in [0.15, 0.2) is 36.4 Å². The van der Waals surface area contributed by atoms with Crippen LogP contribution in [-0.4, -0.2) is 42.2 Å². The van der Waals surface area contributed by atoms with Crippen LogP contribution in [0.4, 0.5) is 0 Å². The van der Waals surface area contributed by atoms with Crippen molar-refractivity contribution in [2.45, 2.75) is 37.6 Å². The number of nitrogens with zero attached hydrogens (tertiary/aromatic N) is 1. The van der Waals surface area contributed by atoms with Crippen LogP contribution in [0.2, 0.25) is 0 Å². The first kappa shape index (κ1) is 18.8. The summed E-state index contributed by atoms with van der Waals surface area (Å²) in [6.45, 7) is 1.04. The molecule has 2 atom stereocenters. The summed E-state index contributed by atoms with van der Waals surface area (Å²) in [6.07, 6.45) is 3.96. The number of ether oxygens (including phenoxy) is 3. The summed E-state index contributed by atoms with van der Waals surface area (Å²) in [5.74, 6) is 3.32. The molecule has 0 bridgehead atoms. The molecule has 2 heterocycles. The molecule has 0 saturated heterocycles. The van der Waals surface area contributed by atoms with Crippen LogP contribution in [0.3, 0.4) is 0 Å². The van der Waals surface area contributed by atoms with E-state index in [4.69, 9.17) is 19.2 Å². The Balaban J connectivity index is 1.28. The highest BCUT2D eigenvalue weighted by molar-refractivity contribution is 5.95. The zero-order valence-corrected chi connectivity index (χ0v) is 16.9. The fourth-order valence-corrected chi connectivity index (χ4v) is 4.35. The van der Waals surface area contributed by atoms with Crippen LogP contribution >= 0.6 is 0 Å². The van der Waals surface area contributed by atoms with E-state index in [-0.39, 0.29) is 11.9 Å². The molecule has 1 aromatic heterocycles. The molecule has 2 N–H and O–H groups in total. The van der Waals surface area contributed by atoms with Crippen molar-refractivity contribution in [3.8, 4) is 17.2 Å². The first-order valence-corrected chi connectivity index (χ1v) is 10.4. The monoisotopic (exact) mass is 407 g/mol. The number of carbonyl (C=O) groups is 1. The van der Waals surface area contributed by atoms with Gasteiger partial charge in [0.2, 0.25) is 0 Å². The summed E-state index contributed by atoms with van der Waals surface area (Å²) in [5, 5.41) is 3.20. The Morgan fingerprint density at radius 3 is 2.87 bits per heavy atom. The molecule has 3 aromatic rings. The molecule has 7 heteroatoms. The Morgan fingerprint density at radius 2 is 2.00 bits per heavy atom. The van der Waals surface area contributed by atoms with Crippen LogP contribution in [-0.2, 0) is 0 Å². The summed E-state index contributed by atoms with van der Waals surface area (Å²) in [5.41, 5.74) is 2.51. The van der Waals surface area contributed by atoms with E-state index in [0.29, 0.717) is 36.2 Å². The number of hydrogen-bond acceptors (Lipinski definition) is 5. The number of H-pyrrole nitrogens is 1. The zero-order valence-electron chi connectivity index (χ0n) is 16.9. The van der Waals surface area contributed by atoms with Gasteiger partial charge in [0.1, 0.15) is 24.8 Å². The van der Waals surface area contributed by atoms with Crippen molar-refractivity contribution in [2.24, 2.45) is 0 Å². The Kier molecular flexibility index (Phi) is 4.94. The average molecular weight is 407 g/mol. The highest BCUT2D eigenvalue weighted by atomic mass is 16.6. The predicted octanol–water partition coefficient (Wildman–Crippen LogP) is 3.80. The second-order valence-corrected chi connectivity index (χ2v) is 7.90. The molecular weight excluding hydrogens is 382 g/mol. The van der Waals surface area contributed by atoms with Gasteiger partial charge in [-0.15, -0.1) is 0 Å². The van der Waals surface area contributed by atoms with Gasteiger partial charge in [-0.25, -0.2) is 4.98 Å². The predicted molar refractivity (Wildman–Crippen MR) is 113 cm³/mol. The number of rotatable bonds is 4. The van der Waals surface area contributed by atoms with Crippen molar-refractivity contribution in [1.29, 1.82) is 0 Å². The van der Waals surface area contributed by atoms with Gasteiger partial charge in [-0.1, -0.05) is 6.42 Å². The minimum absolute atomic E-state index is 0.0769. The maximum absolute atomic E-state index is 12.8. The number of imidazole rings is 1. The minimum atomic E-state index is -0.0769. The molecule has 0 radical (unpaired) electrons. The van der Waals surface area contributed by atoms with Gasteiger partial charge in [0, 0.05) is 23.6 Å². The second-order valence-electron chi connectivity index (χ2n) is 7.90. The Hall–Kier alpha value is -3.22. The lowest BCUT2D eigenvalue weighted by atomic mass is 9.85. The number of hydrogen-bond donors (Lipinski definition) is 2. The molecule has 5 rings (SSSR count). The Labute approximate surface area is 174 Å². The molecule has 1 aliphatic heterocycles. The average Bonchev–Trinajstić information content (AvgIpc) is 3.22. The van der Waals surface area contributed by atoms with Gasteiger partial charge in [-0.2, -0.15) is 0 Å². The number of aromatic amines is 1. The summed E-state index contributed by atoms with van der Waals surface area (Å²) in [4.78, 5) is 21.0. The maximum atomic E-state index is 12.8. The lowest BCUT2D eigenvalue weighted by Gasteiger charge is -2.29. The number of methoxy groups -OCH3 is 1. The fourth-order valence-electron chi connectivity index (χ4n) is 4.35. The molecule has 2 aromatic carbocycles. The van der Waals surface area contributed by atoms with Crippen LogP contribution < -0.4 is 19.5 Å².